The monoisotopic (exact) mass is 374 g/mol. The van der Waals surface area contributed by atoms with Gasteiger partial charge in [0.15, 0.2) is 5.79 Å². The van der Waals surface area contributed by atoms with E-state index in [1.54, 1.807) is 5.57 Å². The van der Waals surface area contributed by atoms with Gasteiger partial charge in [0.2, 0.25) is 0 Å². The third-order valence-electron chi connectivity index (χ3n) is 9.91. The molecule has 3 saturated carbocycles. The molecule has 1 spiro atoms. The predicted octanol–water partition coefficient (Wildman–Crippen LogP) is 5.22. The molecule has 1 N–H and O–H groups in total. The maximum atomic E-state index is 11.5. The van der Waals surface area contributed by atoms with Gasteiger partial charge in [-0.2, -0.15) is 0 Å². The Hall–Kier alpha value is -0.380. The van der Waals surface area contributed by atoms with Gasteiger partial charge in [0.05, 0.1) is 18.8 Å². The largest absolute Gasteiger partial charge is 0.389 e. The van der Waals surface area contributed by atoms with E-state index in [-0.39, 0.29) is 11.2 Å². The molecule has 5 rings (SSSR count). The molecule has 0 aromatic heterocycles. The molecule has 4 fully saturated rings. The van der Waals surface area contributed by atoms with Crippen LogP contribution in [0.5, 0.6) is 0 Å². The molecule has 152 valence electrons. The van der Waals surface area contributed by atoms with Gasteiger partial charge in [0.25, 0.3) is 0 Å². The molecule has 4 aliphatic carbocycles. The summed E-state index contributed by atoms with van der Waals surface area (Å²) in [6, 6.07) is 0. The highest BCUT2D eigenvalue weighted by atomic mass is 16.7. The second-order valence-electron chi connectivity index (χ2n) is 10.8. The molecule has 0 aromatic carbocycles. The number of rotatable bonds is 2. The first-order valence-corrected chi connectivity index (χ1v) is 11.6. The maximum absolute atomic E-state index is 11.5. The van der Waals surface area contributed by atoms with E-state index in [1.807, 2.05) is 0 Å². The summed E-state index contributed by atoms with van der Waals surface area (Å²) < 4.78 is 12.1. The van der Waals surface area contributed by atoms with E-state index in [4.69, 9.17) is 9.47 Å². The van der Waals surface area contributed by atoms with Crippen LogP contribution in [0.4, 0.5) is 0 Å². The minimum Gasteiger partial charge on any atom is -0.389 e. The fourth-order valence-electron chi connectivity index (χ4n) is 8.28. The number of ether oxygens (including phenoxy) is 2. The Morgan fingerprint density at radius 3 is 2.52 bits per heavy atom. The summed E-state index contributed by atoms with van der Waals surface area (Å²) in [5, 5.41) is 11.5. The molecule has 3 nitrogen and oxygen atoms in total. The summed E-state index contributed by atoms with van der Waals surface area (Å²) in [4.78, 5) is 0. The molecule has 0 aromatic rings. The van der Waals surface area contributed by atoms with Crippen molar-refractivity contribution in [2.24, 2.45) is 28.6 Å². The lowest BCUT2D eigenvalue weighted by atomic mass is 9.46. The smallest absolute Gasteiger partial charge is 0.172 e. The standard InChI is InChI=1S/C24H38O3/c1-4-9-23(25)11-8-20-18-6-5-17-16-24(26-14-15-27-24)13-12-21(17,2)19(18)7-10-22(20,23)3/h5,18-20,25H,4,6-16H2,1-3H3/t18-,19+,20+,21+,22+,23+/m1/s1. The Morgan fingerprint density at radius 1 is 1.04 bits per heavy atom. The minimum absolute atomic E-state index is 0.124. The van der Waals surface area contributed by atoms with E-state index in [2.05, 4.69) is 26.8 Å². The van der Waals surface area contributed by atoms with Crippen molar-refractivity contribution in [3.05, 3.63) is 11.6 Å². The Balaban J connectivity index is 1.44. The van der Waals surface area contributed by atoms with Crippen LogP contribution < -0.4 is 0 Å². The highest BCUT2D eigenvalue weighted by molar-refractivity contribution is 5.27. The summed E-state index contributed by atoms with van der Waals surface area (Å²) in [5.74, 6) is 1.91. The fraction of sp³-hybridized carbons (Fsp3) is 0.917. The zero-order chi connectivity index (χ0) is 18.9. The van der Waals surface area contributed by atoms with Crippen LogP contribution in [0.3, 0.4) is 0 Å². The third kappa shape index (κ3) is 2.43. The van der Waals surface area contributed by atoms with Crippen LogP contribution in [0, 0.1) is 28.6 Å². The van der Waals surface area contributed by atoms with Crippen LogP contribution in [-0.4, -0.2) is 29.7 Å². The molecule has 1 aliphatic heterocycles. The van der Waals surface area contributed by atoms with Crippen molar-refractivity contribution in [1.82, 2.24) is 0 Å². The van der Waals surface area contributed by atoms with Gasteiger partial charge in [-0.1, -0.05) is 38.8 Å². The van der Waals surface area contributed by atoms with E-state index in [0.29, 0.717) is 11.3 Å². The molecule has 3 heteroatoms. The Kier molecular flexibility index (Phi) is 4.18. The van der Waals surface area contributed by atoms with E-state index in [9.17, 15) is 5.11 Å². The van der Waals surface area contributed by atoms with Gasteiger partial charge in [0, 0.05) is 12.8 Å². The Bertz CT molecular complexity index is 636. The highest BCUT2D eigenvalue weighted by Gasteiger charge is 2.64. The van der Waals surface area contributed by atoms with Gasteiger partial charge in [-0.25, -0.2) is 0 Å². The van der Waals surface area contributed by atoms with Gasteiger partial charge in [-0.15, -0.1) is 0 Å². The average Bonchev–Trinajstić information content (AvgIpc) is 3.19. The topological polar surface area (TPSA) is 38.7 Å². The zero-order valence-electron chi connectivity index (χ0n) is 17.6. The molecule has 5 aliphatic rings. The van der Waals surface area contributed by atoms with Crippen molar-refractivity contribution in [1.29, 1.82) is 0 Å². The van der Waals surface area contributed by atoms with Gasteiger partial charge < -0.3 is 14.6 Å². The lowest BCUT2D eigenvalue weighted by Crippen LogP contribution is -2.55. The maximum Gasteiger partial charge on any atom is 0.172 e. The Labute approximate surface area is 164 Å². The van der Waals surface area contributed by atoms with Crippen molar-refractivity contribution in [3.8, 4) is 0 Å². The van der Waals surface area contributed by atoms with E-state index in [1.165, 1.54) is 32.1 Å². The summed E-state index contributed by atoms with van der Waals surface area (Å²) >= 11 is 0. The van der Waals surface area contributed by atoms with Crippen molar-refractivity contribution in [2.75, 3.05) is 13.2 Å². The molecule has 0 unspecified atom stereocenters. The van der Waals surface area contributed by atoms with Crippen LogP contribution >= 0.6 is 0 Å². The van der Waals surface area contributed by atoms with Gasteiger partial charge in [-0.3, -0.25) is 0 Å². The fourth-order valence-corrected chi connectivity index (χ4v) is 8.28. The van der Waals surface area contributed by atoms with Crippen molar-refractivity contribution >= 4 is 0 Å². The van der Waals surface area contributed by atoms with E-state index in [0.717, 1.165) is 57.2 Å². The first kappa shape index (κ1) is 18.6. The molecule has 0 amide bonds. The first-order chi connectivity index (χ1) is 12.9. The lowest BCUT2D eigenvalue weighted by Gasteiger charge is -2.59. The van der Waals surface area contributed by atoms with Crippen molar-refractivity contribution in [2.45, 2.75) is 96.4 Å². The summed E-state index contributed by atoms with van der Waals surface area (Å²) in [7, 11) is 0. The van der Waals surface area contributed by atoms with Gasteiger partial charge >= 0.3 is 0 Å². The molecule has 1 heterocycles. The summed E-state index contributed by atoms with van der Waals surface area (Å²) in [6.07, 6.45) is 13.8. The van der Waals surface area contributed by atoms with Gasteiger partial charge in [-0.05, 0) is 73.5 Å². The minimum atomic E-state index is -0.426. The van der Waals surface area contributed by atoms with Crippen LogP contribution in [0.2, 0.25) is 0 Å². The number of hydrogen-bond donors (Lipinski definition) is 1. The van der Waals surface area contributed by atoms with E-state index >= 15 is 0 Å². The second kappa shape index (κ2) is 6.06. The van der Waals surface area contributed by atoms with Crippen LogP contribution in [-0.2, 0) is 9.47 Å². The number of allylic oxidation sites excluding steroid dienone is 1. The molecule has 6 atom stereocenters. The van der Waals surface area contributed by atoms with Crippen LogP contribution in [0.25, 0.3) is 0 Å². The lowest BCUT2D eigenvalue weighted by molar-refractivity contribution is -0.188. The highest BCUT2D eigenvalue weighted by Crippen LogP contribution is 2.68. The van der Waals surface area contributed by atoms with Crippen molar-refractivity contribution in [3.63, 3.8) is 0 Å². The predicted molar refractivity (Wildman–Crippen MR) is 106 cm³/mol. The SMILES string of the molecule is CCC[C@]1(O)CC[C@H]2[C@@H]3CC=C4CC5(CC[C@]4(C)[C@H]3CC[C@@]21C)OCCO5. The van der Waals surface area contributed by atoms with Crippen LogP contribution in [0.15, 0.2) is 11.6 Å². The molecule has 0 bridgehead atoms. The quantitative estimate of drug-likeness (QED) is 0.673. The molecule has 27 heavy (non-hydrogen) atoms. The third-order valence-corrected chi connectivity index (χ3v) is 9.91. The summed E-state index contributed by atoms with van der Waals surface area (Å²) in [5.41, 5.74) is 1.63. The number of fused-ring (bicyclic) bond motifs is 5. The van der Waals surface area contributed by atoms with Crippen molar-refractivity contribution < 1.29 is 14.6 Å². The van der Waals surface area contributed by atoms with E-state index < -0.39 is 5.60 Å². The molecule has 0 radical (unpaired) electrons. The molecule has 1 saturated heterocycles. The normalized spacial score (nSPS) is 50.8. The van der Waals surface area contributed by atoms with Gasteiger partial charge in [0.1, 0.15) is 0 Å². The number of aliphatic hydroxyl groups is 1. The first-order valence-electron chi connectivity index (χ1n) is 11.6. The Morgan fingerprint density at radius 2 is 1.78 bits per heavy atom. The average molecular weight is 375 g/mol. The van der Waals surface area contributed by atoms with Crippen LogP contribution in [0.1, 0.15) is 85.0 Å². The summed E-state index contributed by atoms with van der Waals surface area (Å²) in [6.45, 7) is 8.70. The number of hydrogen-bond acceptors (Lipinski definition) is 3. The molecular weight excluding hydrogens is 336 g/mol. The zero-order valence-corrected chi connectivity index (χ0v) is 17.6. The second-order valence-corrected chi connectivity index (χ2v) is 10.8. The molecular formula is C24H38O3.